The van der Waals surface area contributed by atoms with E-state index in [-0.39, 0.29) is 0 Å². The normalized spacial score (nSPS) is 9.95. The summed E-state index contributed by atoms with van der Waals surface area (Å²) < 4.78 is 0.948. The van der Waals surface area contributed by atoms with Crippen LogP contribution in [0.5, 0.6) is 0 Å². The van der Waals surface area contributed by atoms with Crippen LogP contribution in [0.1, 0.15) is 11.1 Å². The van der Waals surface area contributed by atoms with Crippen LogP contribution in [-0.2, 0) is 6.42 Å². The molecule has 0 amide bonds. The van der Waals surface area contributed by atoms with Gasteiger partial charge in [-0.25, -0.2) is 0 Å². The Labute approximate surface area is 121 Å². The zero-order chi connectivity index (χ0) is 13.7. The molecule has 0 aliphatic heterocycles. The van der Waals surface area contributed by atoms with Crippen LogP contribution in [0.2, 0.25) is 0 Å². The van der Waals surface area contributed by atoms with Crippen LogP contribution in [0.25, 0.3) is 0 Å². The first-order chi connectivity index (χ1) is 9.20. The van der Waals surface area contributed by atoms with Gasteiger partial charge in [0, 0.05) is 30.5 Å². The summed E-state index contributed by atoms with van der Waals surface area (Å²) in [7, 11) is 2.05. The van der Waals surface area contributed by atoms with Crippen molar-refractivity contribution < 1.29 is 0 Å². The highest BCUT2D eigenvalue weighted by atomic mass is 79.9. The SMILES string of the molecule is CN(CCc1ccncc1)c1ccc(C#N)cc1Br. The summed E-state index contributed by atoms with van der Waals surface area (Å²) in [4.78, 5) is 6.18. The number of halogens is 1. The van der Waals surface area contributed by atoms with Gasteiger partial charge in [-0.2, -0.15) is 5.26 Å². The Morgan fingerprint density at radius 2 is 2.00 bits per heavy atom. The largest absolute Gasteiger partial charge is 0.373 e. The van der Waals surface area contributed by atoms with E-state index in [1.165, 1.54) is 5.56 Å². The van der Waals surface area contributed by atoms with Gasteiger partial charge in [0.15, 0.2) is 0 Å². The number of nitrogens with zero attached hydrogens (tertiary/aromatic N) is 3. The first-order valence-corrected chi connectivity index (χ1v) is 6.79. The zero-order valence-corrected chi connectivity index (χ0v) is 12.3. The van der Waals surface area contributed by atoms with Crippen LogP contribution in [0.15, 0.2) is 47.2 Å². The Morgan fingerprint density at radius 1 is 1.26 bits per heavy atom. The fourth-order valence-corrected chi connectivity index (χ4v) is 2.53. The maximum absolute atomic E-state index is 8.85. The van der Waals surface area contributed by atoms with Gasteiger partial charge in [-0.1, -0.05) is 0 Å². The molecule has 1 heterocycles. The molecule has 2 aromatic rings. The fourth-order valence-electron chi connectivity index (χ4n) is 1.85. The topological polar surface area (TPSA) is 39.9 Å². The van der Waals surface area contributed by atoms with E-state index >= 15 is 0 Å². The lowest BCUT2D eigenvalue weighted by molar-refractivity contribution is 0.873. The Bertz CT molecular complexity index is 590. The predicted octanol–water partition coefficient (Wildman–Crippen LogP) is 3.39. The molecule has 0 saturated heterocycles. The van der Waals surface area contributed by atoms with E-state index in [4.69, 9.17) is 5.26 Å². The van der Waals surface area contributed by atoms with Gasteiger partial charge < -0.3 is 4.90 Å². The molecule has 2 rings (SSSR count). The van der Waals surface area contributed by atoms with Gasteiger partial charge in [-0.15, -0.1) is 0 Å². The molecule has 0 aliphatic rings. The smallest absolute Gasteiger partial charge is 0.0992 e. The van der Waals surface area contributed by atoms with Crippen LogP contribution in [0.3, 0.4) is 0 Å². The van der Waals surface area contributed by atoms with Crippen molar-refractivity contribution in [1.29, 1.82) is 5.26 Å². The average molecular weight is 316 g/mol. The van der Waals surface area contributed by atoms with Gasteiger partial charge in [0.25, 0.3) is 0 Å². The van der Waals surface area contributed by atoms with Crippen LogP contribution in [0, 0.1) is 11.3 Å². The second kappa shape index (κ2) is 6.35. The number of benzene rings is 1. The zero-order valence-electron chi connectivity index (χ0n) is 10.7. The molecule has 4 heteroatoms. The van der Waals surface area contributed by atoms with Crippen molar-refractivity contribution in [2.24, 2.45) is 0 Å². The average Bonchev–Trinajstić information content (AvgIpc) is 2.45. The van der Waals surface area contributed by atoms with Gasteiger partial charge >= 0.3 is 0 Å². The van der Waals surface area contributed by atoms with Crippen molar-refractivity contribution in [3.8, 4) is 6.07 Å². The highest BCUT2D eigenvalue weighted by Gasteiger charge is 2.06. The van der Waals surface area contributed by atoms with Crippen molar-refractivity contribution in [2.75, 3.05) is 18.5 Å². The van der Waals surface area contributed by atoms with Gasteiger partial charge in [0.1, 0.15) is 0 Å². The van der Waals surface area contributed by atoms with Gasteiger partial charge in [-0.3, -0.25) is 4.98 Å². The number of aromatic nitrogens is 1. The Hall–Kier alpha value is -1.86. The van der Waals surface area contributed by atoms with Crippen molar-refractivity contribution in [1.82, 2.24) is 4.98 Å². The minimum Gasteiger partial charge on any atom is -0.373 e. The standard InChI is InChI=1S/C15H14BrN3/c1-19(9-6-12-4-7-18-8-5-12)15-3-2-13(11-17)10-14(15)16/h2-5,7-8,10H,6,9H2,1H3. The fraction of sp³-hybridized carbons (Fsp3) is 0.200. The molecule has 3 nitrogen and oxygen atoms in total. The Balaban J connectivity index is 2.04. The molecule has 1 aromatic heterocycles. The molecule has 0 spiro atoms. The van der Waals surface area contributed by atoms with Crippen LogP contribution in [-0.4, -0.2) is 18.6 Å². The number of rotatable bonds is 4. The minimum absolute atomic E-state index is 0.665. The van der Waals surface area contributed by atoms with Crippen molar-refractivity contribution in [3.63, 3.8) is 0 Å². The molecule has 0 bridgehead atoms. The summed E-state index contributed by atoms with van der Waals surface area (Å²) in [6.45, 7) is 0.911. The molecule has 0 atom stereocenters. The number of hydrogen-bond donors (Lipinski definition) is 0. The number of hydrogen-bond acceptors (Lipinski definition) is 3. The molecular weight excluding hydrogens is 302 g/mol. The number of anilines is 1. The first-order valence-electron chi connectivity index (χ1n) is 6.00. The van der Waals surface area contributed by atoms with Crippen molar-refractivity contribution in [2.45, 2.75) is 6.42 Å². The van der Waals surface area contributed by atoms with Crippen LogP contribution in [0.4, 0.5) is 5.69 Å². The first kappa shape index (κ1) is 13.6. The summed E-state index contributed by atoms with van der Waals surface area (Å²) in [5.41, 5.74) is 3.03. The number of pyridine rings is 1. The Kier molecular flexibility index (Phi) is 4.53. The van der Waals surface area contributed by atoms with Crippen molar-refractivity contribution in [3.05, 3.63) is 58.3 Å². The van der Waals surface area contributed by atoms with Gasteiger partial charge in [0.2, 0.25) is 0 Å². The number of likely N-dealkylation sites (N-methyl/N-ethyl adjacent to an activating group) is 1. The highest BCUT2D eigenvalue weighted by Crippen LogP contribution is 2.26. The lowest BCUT2D eigenvalue weighted by Crippen LogP contribution is -2.20. The summed E-state index contributed by atoms with van der Waals surface area (Å²) in [5.74, 6) is 0. The molecule has 19 heavy (non-hydrogen) atoms. The van der Waals surface area contributed by atoms with Crippen LogP contribution >= 0.6 is 15.9 Å². The van der Waals surface area contributed by atoms with Crippen molar-refractivity contribution >= 4 is 21.6 Å². The van der Waals surface area contributed by atoms with Crippen LogP contribution < -0.4 is 4.90 Å². The van der Waals surface area contributed by atoms with E-state index in [1.54, 1.807) is 0 Å². The summed E-state index contributed by atoms with van der Waals surface area (Å²) in [6, 6.07) is 11.8. The summed E-state index contributed by atoms with van der Waals surface area (Å²) >= 11 is 3.51. The lowest BCUT2D eigenvalue weighted by atomic mass is 10.1. The molecule has 96 valence electrons. The van der Waals surface area contributed by atoms with E-state index in [9.17, 15) is 0 Å². The third-order valence-corrected chi connectivity index (χ3v) is 3.61. The molecule has 0 saturated carbocycles. The third-order valence-electron chi connectivity index (χ3n) is 2.97. The third kappa shape index (κ3) is 3.55. The lowest BCUT2D eigenvalue weighted by Gasteiger charge is -2.20. The van der Waals surface area contributed by atoms with Gasteiger partial charge in [0.05, 0.1) is 17.3 Å². The van der Waals surface area contributed by atoms with E-state index in [0.29, 0.717) is 5.56 Å². The van der Waals surface area contributed by atoms with Gasteiger partial charge in [-0.05, 0) is 58.2 Å². The molecule has 0 aliphatic carbocycles. The van der Waals surface area contributed by atoms with E-state index in [1.807, 2.05) is 49.8 Å². The second-order valence-electron chi connectivity index (χ2n) is 4.31. The quantitative estimate of drug-likeness (QED) is 0.868. The van der Waals surface area contributed by atoms with E-state index in [2.05, 4.69) is 31.9 Å². The highest BCUT2D eigenvalue weighted by molar-refractivity contribution is 9.10. The van der Waals surface area contributed by atoms with E-state index in [0.717, 1.165) is 23.1 Å². The van der Waals surface area contributed by atoms with E-state index < -0.39 is 0 Å². The minimum atomic E-state index is 0.665. The molecule has 1 aromatic carbocycles. The monoisotopic (exact) mass is 315 g/mol. The molecule has 0 unspecified atom stereocenters. The maximum Gasteiger partial charge on any atom is 0.0992 e. The maximum atomic E-state index is 8.85. The second-order valence-corrected chi connectivity index (χ2v) is 5.16. The molecule has 0 radical (unpaired) electrons. The number of nitriles is 1. The summed E-state index contributed by atoms with van der Waals surface area (Å²) in [5, 5.41) is 8.85. The Morgan fingerprint density at radius 3 is 2.63 bits per heavy atom. The molecular formula is C15H14BrN3. The molecule has 0 fully saturated rings. The predicted molar refractivity (Wildman–Crippen MR) is 80.1 cm³/mol. The molecule has 0 N–H and O–H groups in total. The summed E-state index contributed by atoms with van der Waals surface area (Å²) in [6.07, 6.45) is 4.59.